The summed E-state index contributed by atoms with van der Waals surface area (Å²) in [5, 5.41) is 2.76. The number of sulfone groups is 1. The van der Waals surface area contributed by atoms with Crippen molar-refractivity contribution >= 4 is 39.0 Å². The first kappa shape index (κ1) is 23.5. The van der Waals surface area contributed by atoms with E-state index >= 15 is 0 Å². The lowest BCUT2D eigenvalue weighted by Gasteiger charge is -2.42. The quantitative estimate of drug-likeness (QED) is 0.667. The number of para-hydroxylation sites is 2. The first-order valence-electron chi connectivity index (χ1n) is 10.2. The maximum atomic E-state index is 13.2. The van der Waals surface area contributed by atoms with Crippen LogP contribution in [-0.2, 0) is 29.0 Å². The zero-order valence-electron chi connectivity index (χ0n) is 18.4. The molecule has 170 valence electrons. The van der Waals surface area contributed by atoms with Gasteiger partial charge in [-0.3, -0.25) is 19.3 Å². The van der Waals surface area contributed by atoms with Crippen LogP contribution in [0.4, 0.5) is 11.4 Å². The second-order valence-electron chi connectivity index (χ2n) is 8.22. The average molecular weight is 459 g/mol. The second kappa shape index (κ2) is 8.74. The lowest BCUT2D eigenvalue weighted by molar-refractivity contribution is -0.154. The first-order chi connectivity index (χ1) is 14.9. The van der Waals surface area contributed by atoms with Crippen LogP contribution < -0.4 is 10.2 Å². The molecule has 32 heavy (non-hydrogen) atoms. The van der Waals surface area contributed by atoms with Crippen molar-refractivity contribution in [1.29, 1.82) is 0 Å². The van der Waals surface area contributed by atoms with E-state index in [-0.39, 0.29) is 10.8 Å². The fourth-order valence-electron chi connectivity index (χ4n) is 3.42. The van der Waals surface area contributed by atoms with Crippen molar-refractivity contribution in [2.75, 3.05) is 16.0 Å². The molecule has 1 atom stereocenters. The number of ether oxygens (including phenoxy) is 1. The van der Waals surface area contributed by atoms with Crippen molar-refractivity contribution in [3.8, 4) is 0 Å². The Morgan fingerprint density at radius 3 is 2.38 bits per heavy atom. The van der Waals surface area contributed by atoms with Crippen molar-refractivity contribution < 1.29 is 27.5 Å². The minimum absolute atomic E-state index is 0.123. The van der Waals surface area contributed by atoms with E-state index in [1.54, 1.807) is 50.2 Å². The number of nitrogens with one attached hydrogen (secondary N) is 1. The maximum absolute atomic E-state index is 13.2. The number of anilines is 2. The van der Waals surface area contributed by atoms with Crippen LogP contribution in [0.3, 0.4) is 0 Å². The van der Waals surface area contributed by atoms with Gasteiger partial charge in [-0.2, -0.15) is 0 Å². The molecule has 0 aromatic heterocycles. The van der Waals surface area contributed by atoms with Gasteiger partial charge in [-0.05, 0) is 52.0 Å². The maximum Gasteiger partial charge on any atom is 0.307 e. The molecule has 0 unspecified atom stereocenters. The van der Waals surface area contributed by atoms with E-state index in [4.69, 9.17) is 4.74 Å². The zero-order valence-corrected chi connectivity index (χ0v) is 19.2. The Balaban J connectivity index is 1.69. The number of hydrogen-bond donors (Lipinski definition) is 1. The molecule has 0 bridgehead atoms. The van der Waals surface area contributed by atoms with Gasteiger partial charge in [0.05, 0.1) is 28.4 Å². The SMILES string of the molecule is Cc1ccc(S(=O)(=O)CCC(=O)O[C@@H](C)C(=O)N2c3ccccc3NC(=O)C2(C)C)cc1. The molecular formula is C23H26N2O6S. The summed E-state index contributed by atoms with van der Waals surface area (Å²) in [6, 6.07) is 13.2. The molecule has 0 aliphatic carbocycles. The fourth-order valence-corrected chi connectivity index (χ4v) is 4.64. The number of fused-ring (bicyclic) bond motifs is 1. The van der Waals surface area contributed by atoms with Crippen LogP contribution in [0.15, 0.2) is 53.4 Å². The van der Waals surface area contributed by atoms with Gasteiger partial charge in [0, 0.05) is 0 Å². The number of aryl methyl sites for hydroxylation is 1. The summed E-state index contributed by atoms with van der Waals surface area (Å²) in [4.78, 5) is 39.4. The molecule has 1 heterocycles. The standard InChI is InChI=1S/C23H26N2O6S/c1-15-9-11-17(12-10-15)32(29,30)14-13-20(26)31-16(2)21(27)25-19-8-6-5-7-18(19)24-22(28)23(25,3)4/h5-12,16H,13-14H2,1-4H3,(H,24,28)/t16-/m0/s1. The van der Waals surface area contributed by atoms with Crippen molar-refractivity contribution in [2.24, 2.45) is 0 Å². The Morgan fingerprint density at radius 1 is 1.09 bits per heavy atom. The van der Waals surface area contributed by atoms with Gasteiger partial charge in [-0.25, -0.2) is 8.42 Å². The fraction of sp³-hybridized carbons (Fsp3) is 0.348. The van der Waals surface area contributed by atoms with Gasteiger partial charge in [0.1, 0.15) is 5.54 Å². The molecular weight excluding hydrogens is 432 g/mol. The summed E-state index contributed by atoms with van der Waals surface area (Å²) in [7, 11) is -3.66. The molecule has 2 amide bonds. The smallest absolute Gasteiger partial charge is 0.307 e. The van der Waals surface area contributed by atoms with Gasteiger partial charge in [-0.1, -0.05) is 29.8 Å². The molecule has 0 fully saturated rings. The molecule has 0 saturated carbocycles. The van der Waals surface area contributed by atoms with Crippen molar-refractivity contribution in [3.63, 3.8) is 0 Å². The number of carbonyl (C=O) groups excluding carboxylic acids is 3. The Bertz CT molecular complexity index is 1160. The minimum Gasteiger partial charge on any atom is -0.452 e. The number of rotatable bonds is 6. The number of esters is 1. The summed E-state index contributed by atoms with van der Waals surface area (Å²) in [6.07, 6.45) is -1.60. The van der Waals surface area contributed by atoms with Gasteiger partial charge in [0.25, 0.3) is 5.91 Å². The normalized spacial score (nSPS) is 16.0. The van der Waals surface area contributed by atoms with Gasteiger partial charge in [-0.15, -0.1) is 0 Å². The van der Waals surface area contributed by atoms with E-state index in [1.807, 2.05) is 6.92 Å². The van der Waals surface area contributed by atoms with Crippen molar-refractivity contribution in [3.05, 3.63) is 54.1 Å². The van der Waals surface area contributed by atoms with Gasteiger partial charge >= 0.3 is 5.97 Å². The second-order valence-corrected chi connectivity index (χ2v) is 10.3. The molecule has 0 spiro atoms. The van der Waals surface area contributed by atoms with Crippen LogP contribution in [-0.4, -0.2) is 43.6 Å². The highest BCUT2D eigenvalue weighted by atomic mass is 32.2. The number of carbonyl (C=O) groups is 3. The number of nitrogens with zero attached hydrogens (tertiary/aromatic N) is 1. The van der Waals surface area contributed by atoms with Crippen LogP contribution in [0.25, 0.3) is 0 Å². The third kappa shape index (κ3) is 4.67. The molecule has 3 rings (SSSR count). The Hall–Kier alpha value is -3.20. The van der Waals surface area contributed by atoms with E-state index in [9.17, 15) is 22.8 Å². The molecule has 8 nitrogen and oxygen atoms in total. The number of benzene rings is 2. The molecule has 2 aromatic rings. The minimum atomic E-state index is -3.66. The first-order valence-corrected chi connectivity index (χ1v) is 11.8. The Morgan fingerprint density at radius 2 is 1.72 bits per heavy atom. The molecule has 0 saturated heterocycles. The largest absolute Gasteiger partial charge is 0.452 e. The summed E-state index contributed by atoms with van der Waals surface area (Å²) in [6.45, 7) is 6.44. The van der Waals surface area contributed by atoms with Gasteiger partial charge < -0.3 is 10.1 Å². The van der Waals surface area contributed by atoms with E-state index in [0.29, 0.717) is 11.4 Å². The third-order valence-corrected chi connectivity index (χ3v) is 7.07. The molecule has 1 aliphatic rings. The lowest BCUT2D eigenvalue weighted by atomic mass is 9.95. The van der Waals surface area contributed by atoms with E-state index in [0.717, 1.165) is 5.56 Å². The summed E-state index contributed by atoms with van der Waals surface area (Å²) >= 11 is 0. The van der Waals surface area contributed by atoms with E-state index in [2.05, 4.69) is 5.32 Å². The average Bonchev–Trinajstić information content (AvgIpc) is 2.73. The van der Waals surface area contributed by atoms with Crippen LogP contribution in [0.2, 0.25) is 0 Å². The Labute approximate surface area is 187 Å². The molecule has 9 heteroatoms. The highest BCUT2D eigenvalue weighted by Gasteiger charge is 2.45. The topological polar surface area (TPSA) is 110 Å². The summed E-state index contributed by atoms with van der Waals surface area (Å²) in [5.74, 6) is -2.19. The highest BCUT2D eigenvalue weighted by Crippen LogP contribution is 2.37. The van der Waals surface area contributed by atoms with E-state index < -0.39 is 45.5 Å². The van der Waals surface area contributed by atoms with Crippen LogP contribution >= 0.6 is 0 Å². The molecule has 1 aliphatic heterocycles. The monoisotopic (exact) mass is 458 g/mol. The van der Waals surface area contributed by atoms with Crippen LogP contribution in [0, 0.1) is 6.92 Å². The van der Waals surface area contributed by atoms with Gasteiger partial charge in [0.15, 0.2) is 15.9 Å². The number of amides is 2. The zero-order chi connectivity index (χ0) is 23.7. The van der Waals surface area contributed by atoms with Crippen LogP contribution in [0.5, 0.6) is 0 Å². The van der Waals surface area contributed by atoms with E-state index in [1.165, 1.54) is 24.0 Å². The van der Waals surface area contributed by atoms with Crippen LogP contribution in [0.1, 0.15) is 32.8 Å². The third-order valence-electron chi connectivity index (χ3n) is 5.34. The van der Waals surface area contributed by atoms with Crippen molar-refractivity contribution in [2.45, 2.75) is 50.7 Å². The molecule has 2 aromatic carbocycles. The summed E-state index contributed by atoms with van der Waals surface area (Å²) < 4.78 is 30.1. The predicted octanol–water partition coefficient (Wildman–Crippen LogP) is 2.85. The summed E-state index contributed by atoms with van der Waals surface area (Å²) in [5.41, 5.74) is 0.687. The molecule has 1 N–H and O–H groups in total. The number of hydrogen-bond acceptors (Lipinski definition) is 6. The van der Waals surface area contributed by atoms with Crippen molar-refractivity contribution in [1.82, 2.24) is 0 Å². The lowest BCUT2D eigenvalue weighted by Crippen LogP contribution is -2.60. The predicted molar refractivity (Wildman–Crippen MR) is 120 cm³/mol. The Kier molecular flexibility index (Phi) is 6.41. The molecule has 0 radical (unpaired) electrons. The van der Waals surface area contributed by atoms with Gasteiger partial charge in [0.2, 0.25) is 5.91 Å². The highest BCUT2D eigenvalue weighted by molar-refractivity contribution is 7.91.